The first-order valence-corrected chi connectivity index (χ1v) is 6.67. The van der Waals surface area contributed by atoms with E-state index in [1.54, 1.807) is 0 Å². The van der Waals surface area contributed by atoms with Gasteiger partial charge in [-0.15, -0.1) is 0 Å². The molecule has 0 spiro atoms. The third kappa shape index (κ3) is 1.80. The summed E-state index contributed by atoms with van der Waals surface area (Å²) in [5, 5.41) is 10.7. The summed E-state index contributed by atoms with van der Waals surface area (Å²) in [5.41, 5.74) is 2.03. The molecule has 4 nitrogen and oxygen atoms in total. The molecular weight excluding hydrogens is 250 g/mol. The van der Waals surface area contributed by atoms with Crippen LogP contribution < -0.4 is 0 Å². The normalized spacial score (nSPS) is 23.9. The maximum atomic E-state index is 9.24. The Morgan fingerprint density at radius 3 is 3.00 bits per heavy atom. The summed E-state index contributed by atoms with van der Waals surface area (Å²) in [7, 11) is 0. The summed E-state index contributed by atoms with van der Waals surface area (Å²) in [4.78, 5) is 8.40. The van der Waals surface area contributed by atoms with Gasteiger partial charge in [0, 0.05) is 18.8 Å². The molecule has 0 radical (unpaired) electrons. The first-order valence-electron chi connectivity index (χ1n) is 6.29. The number of aromatic nitrogens is 3. The van der Waals surface area contributed by atoms with Gasteiger partial charge in [-0.1, -0.05) is 11.6 Å². The number of aliphatic hydroxyl groups is 1. The Morgan fingerprint density at radius 1 is 1.44 bits per heavy atom. The van der Waals surface area contributed by atoms with E-state index in [-0.39, 0.29) is 6.61 Å². The summed E-state index contributed by atoms with van der Waals surface area (Å²) >= 11 is 6.13. The van der Waals surface area contributed by atoms with E-state index >= 15 is 0 Å². The molecular formula is C13H16ClN3O. The quantitative estimate of drug-likeness (QED) is 0.850. The SMILES string of the molecule is Cc1cn(C2CCC(CO)C2)c2ncnc(Cl)c12. The van der Waals surface area contributed by atoms with Crippen LogP contribution in [0.5, 0.6) is 0 Å². The smallest absolute Gasteiger partial charge is 0.145 e. The van der Waals surface area contributed by atoms with E-state index in [0.29, 0.717) is 17.1 Å². The Morgan fingerprint density at radius 2 is 2.28 bits per heavy atom. The maximum absolute atomic E-state index is 9.24. The van der Waals surface area contributed by atoms with Crippen LogP contribution in [0.2, 0.25) is 5.15 Å². The minimum Gasteiger partial charge on any atom is -0.396 e. The van der Waals surface area contributed by atoms with Gasteiger partial charge in [0.2, 0.25) is 0 Å². The molecule has 3 rings (SSSR count). The number of nitrogens with zero attached hydrogens (tertiary/aromatic N) is 3. The summed E-state index contributed by atoms with van der Waals surface area (Å²) < 4.78 is 2.20. The van der Waals surface area contributed by atoms with E-state index in [1.807, 2.05) is 6.92 Å². The van der Waals surface area contributed by atoms with Crippen molar-refractivity contribution in [3.05, 3.63) is 23.2 Å². The molecule has 0 aromatic carbocycles. The fourth-order valence-corrected chi connectivity index (χ4v) is 3.25. The van der Waals surface area contributed by atoms with Gasteiger partial charge in [-0.2, -0.15) is 0 Å². The van der Waals surface area contributed by atoms with Crippen molar-refractivity contribution in [2.45, 2.75) is 32.2 Å². The van der Waals surface area contributed by atoms with Crippen LogP contribution in [0, 0.1) is 12.8 Å². The second-order valence-corrected chi connectivity index (χ2v) is 5.46. The van der Waals surface area contributed by atoms with Crippen LogP contribution >= 0.6 is 11.6 Å². The standard InChI is InChI=1S/C13H16ClN3O/c1-8-5-17(10-3-2-9(4-10)6-18)13-11(8)12(14)15-7-16-13/h5,7,9-10,18H,2-4,6H2,1H3. The van der Waals surface area contributed by atoms with E-state index in [9.17, 15) is 5.11 Å². The zero-order chi connectivity index (χ0) is 12.7. The van der Waals surface area contributed by atoms with Crippen molar-refractivity contribution in [3.63, 3.8) is 0 Å². The van der Waals surface area contributed by atoms with Crippen LogP contribution in [0.25, 0.3) is 11.0 Å². The van der Waals surface area contributed by atoms with Crippen molar-refractivity contribution >= 4 is 22.6 Å². The molecule has 1 fully saturated rings. The molecule has 2 aromatic rings. The van der Waals surface area contributed by atoms with Gasteiger partial charge in [-0.3, -0.25) is 0 Å². The van der Waals surface area contributed by atoms with Crippen molar-refractivity contribution < 1.29 is 5.11 Å². The number of aryl methyl sites for hydroxylation is 1. The zero-order valence-electron chi connectivity index (χ0n) is 10.3. The lowest BCUT2D eigenvalue weighted by Crippen LogP contribution is -2.06. The number of aliphatic hydroxyl groups excluding tert-OH is 1. The van der Waals surface area contributed by atoms with Gasteiger partial charge in [-0.05, 0) is 37.7 Å². The van der Waals surface area contributed by atoms with Gasteiger partial charge in [0.15, 0.2) is 0 Å². The maximum Gasteiger partial charge on any atom is 0.145 e. The Balaban J connectivity index is 2.06. The van der Waals surface area contributed by atoms with Crippen molar-refractivity contribution in [3.8, 4) is 0 Å². The molecule has 1 saturated carbocycles. The molecule has 2 heterocycles. The molecule has 0 saturated heterocycles. The van der Waals surface area contributed by atoms with Crippen molar-refractivity contribution in [1.29, 1.82) is 0 Å². The molecule has 0 bridgehead atoms. The van der Waals surface area contributed by atoms with Crippen LogP contribution in [0.1, 0.15) is 30.9 Å². The molecule has 18 heavy (non-hydrogen) atoms. The predicted molar refractivity (Wildman–Crippen MR) is 70.7 cm³/mol. The highest BCUT2D eigenvalue weighted by atomic mass is 35.5. The summed E-state index contributed by atoms with van der Waals surface area (Å²) in [6.07, 6.45) is 6.81. The van der Waals surface area contributed by atoms with Crippen molar-refractivity contribution in [2.24, 2.45) is 5.92 Å². The minimum atomic E-state index is 0.282. The molecule has 2 atom stereocenters. The Bertz CT molecular complexity index is 581. The monoisotopic (exact) mass is 265 g/mol. The van der Waals surface area contributed by atoms with Crippen molar-refractivity contribution in [1.82, 2.24) is 14.5 Å². The number of hydrogen-bond donors (Lipinski definition) is 1. The van der Waals surface area contributed by atoms with Gasteiger partial charge in [-0.25, -0.2) is 9.97 Å². The lowest BCUT2D eigenvalue weighted by atomic mass is 10.1. The van der Waals surface area contributed by atoms with Crippen LogP contribution in [0.4, 0.5) is 0 Å². The topological polar surface area (TPSA) is 50.9 Å². The number of halogens is 1. The summed E-state index contributed by atoms with van der Waals surface area (Å²) in [6.45, 7) is 2.32. The number of fused-ring (bicyclic) bond motifs is 1. The van der Waals surface area contributed by atoms with Gasteiger partial charge < -0.3 is 9.67 Å². The lowest BCUT2D eigenvalue weighted by molar-refractivity contribution is 0.226. The van der Waals surface area contributed by atoms with E-state index in [2.05, 4.69) is 20.7 Å². The van der Waals surface area contributed by atoms with Gasteiger partial charge >= 0.3 is 0 Å². The summed E-state index contributed by atoms with van der Waals surface area (Å²) in [6, 6.07) is 0.421. The van der Waals surface area contributed by atoms with Crippen LogP contribution in [0.3, 0.4) is 0 Å². The van der Waals surface area contributed by atoms with Crippen LogP contribution in [-0.2, 0) is 0 Å². The minimum absolute atomic E-state index is 0.282. The second-order valence-electron chi connectivity index (χ2n) is 5.10. The highest BCUT2D eigenvalue weighted by molar-refractivity contribution is 6.34. The average molecular weight is 266 g/mol. The van der Waals surface area contributed by atoms with E-state index in [1.165, 1.54) is 6.33 Å². The third-order valence-electron chi connectivity index (χ3n) is 3.92. The zero-order valence-corrected chi connectivity index (χ0v) is 11.1. The molecule has 96 valence electrons. The fourth-order valence-electron chi connectivity index (χ4n) is 2.97. The highest BCUT2D eigenvalue weighted by Gasteiger charge is 2.27. The molecule has 0 amide bonds. The van der Waals surface area contributed by atoms with Crippen LogP contribution in [-0.4, -0.2) is 26.2 Å². The lowest BCUT2D eigenvalue weighted by Gasteiger charge is -2.13. The Kier molecular flexibility index (Phi) is 2.99. The van der Waals surface area contributed by atoms with Gasteiger partial charge in [0.05, 0.1) is 5.39 Å². The third-order valence-corrected chi connectivity index (χ3v) is 4.20. The molecule has 2 unspecified atom stereocenters. The van der Waals surface area contributed by atoms with E-state index in [4.69, 9.17) is 11.6 Å². The number of hydrogen-bond acceptors (Lipinski definition) is 3. The molecule has 1 N–H and O–H groups in total. The fraction of sp³-hybridized carbons (Fsp3) is 0.538. The predicted octanol–water partition coefficient (Wildman–Crippen LogP) is 2.73. The molecule has 1 aliphatic carbocycles. The average Bonchev–Trinajstić information content (AvgIpc) is 2.94. The molecule has 5 heteroatoms. The summed E-state index contributed by atoms with van der Waals surface area (Å²) in [5.74, 6) is 0.421. The first-order chi connectivity index (χ1) is 8.70. The van der Waals surface area contributed by atoms with Crippen LogP contribution in [0.15, 0.2) is 12.5 Å². The Labute approximate surface area is 111 Å². The first kappa shape index (κ1) is 11.9. The van der Waals surface area contributed by atoms with Crippen molar-refractivity contribution in [2.75, 3.05) is 6.61 Å². The van der Waals surface area contributed by atoms with E-state index < -0.39 is 0 Å². The molecule has 0 aliphatic heterocycles. The van der Waals surface area contributed by atoms with Gasteiger partial charge in [0.1, 0.15) is 17.1 Å². The molecule has 2 aromatic heterocycles. The van der Waals surface area contributed by atoms with E-state index in [0.717, 1.165) is 35.9 Å². The highest BCUT2D eigenvalue weighted by Crippen LogP contribution is 2.37. The largest absolute Gasteiger partial charge is 0.396 e. The molecule has 1 aliphatic rings. The number of rotatable bonds is 2. The second kappa shape index (κ2) is 4.52. The van der Waals surface area contributed by atoms with Gasteiger partial charge in [0.25, 0.3) is 0 Å². The Hall–Kier alpha value is -1.13.